The van der Waals surface area contributed by atoms with E-state index in [1.165, 1.54) is 11.1 Å². The van der Waals surface area contributed by atoms with Gasteiger partial charge in [-0.25, -0.2) is 0 Å². The highest BCUT2D eigenvalue weighted by Gasteiger charge is 2.38. The largest absolute Gasteiger partial charge is 0.495 e. The number of anilines is 1. The van der Waals surface area contributed by atoms with E-state index in [0.29, 0.717) is 18.8 Å². The van der Waals surface area contributed by atoms with Crippen molar-refractivity contribution >= 4 is 23.6 Å². The summed E-state index contributed by atoms with van der Waals surface area (Å²) in [6.07, 6.45) is 8.12. The lowest BCUT2D eigenvalue weighted by molar-refractivity contribution is -0.127. The molecule has 2 fully saturated rings. The van der Waals surface area contributed by atoms with Crippen LogP contribution in [0.1, 0.15) is 36.8 Å². The monoisotopic (exact) mass is 473 g/mol. The van der Waals surface area contributed by atoms with E-state index in [0.717, 1.165) is 44.6 Å². The Balaban J connectivity index is 1.23. The molecule has 0 N–H and O–H groups in total. The summed E-state index contributed by atoms with van der Waals surface area (Å²) in [6.45, 7) is 4.15. The van der Waals surface area contributed by atoms with Crippen LogP contribution in [0.3, 0.4) is 0 Å². The zero-order valence-corrected chi connectivity index (χ0v) is 20.8. The van der Waals surface area contributed by atoms with Crippen LogP contribution in [0.5, 0.6) is 5.75 Å². The molecular weight excluding hydrogens is 438 g/mol. The fourth-order valence-corrected chi connectivity index (χ4v) is 5.95. The van der Waals surface area contributed by atoms with Crippen molar-refractivity contribution in [2.24, 2.45) is 5.92 Å². The van der Waals surface area contributed by atoms with Crippen molar-refractivity contribution < 1.29 is 14.3 Å². The number of carbonyl (C=O) groups excluding carboxylic acids is 2. The average Bonchev–Trinajstić information content (AvgIpc) is 3.42. The molecule has 1 spiro atoms. The molecule has 2 heterocycles. The minimum absolute atomic E-state index is 0.0116. The Bertz CT molecular complexity index is 1120. The minimum Gasteiger partial charge on any atom is -0.495 e. The normalized spacial score (nSPS) is 20.9. The summed E-state index contributed by atoms with van der Waals surface area (Å²) in [7, 11) is 3.40. The SMILES string of the molecule is COc1ccccc1N(CCCN1CCC2(C=Cc3ccccc32)CC1)C(=O)C1CC(=O)N(C)C1. The first-order valence-corrected chi connectivity index (χ1v) is 12.7. The Kier molecular flexibility index (Phi) is 6.65. The third kappa shape index (κ3) is 4.59. The van der Waals surface area contributed by atoms with Crippen molar-refractivity contribution in [3.05, 3.63) is 65.7 Å². The summed E-state index contributed by atoms with van der Waals surface area (Å²) in [5.41, 5.74) is 3.81. The van der Waals surface area contributed by atoms with Crippen molar-refractivity contribution in [2.45, 2.75) is 31.1 Å². The van der Waals surface area contributed by atoms with Crippen LogP contribution in [0.15, 0.2) is 54.6 Å². The number of ether oxygens (including phenoxy) is 1. The number of piperidine rings is 1. The molecule has 5 rings (SSSR count). The first-order valence-electron chi connectivity index (χ1n) is 12.7. The van der Waals surface area contributed by atoms with Crippen molar-refractivity contribution in [3.8, 4) is 5.75 Å². The van der Waals surface area contributed by atoms with Gasteiger partial charge in [-0.05, 0) is 62.2 Å². The Morgan fingerprint density at radius 3 is 2.60 bits per heavy atom. The van der Waals surface area contributed by atoms with E-state index in [4.69, 9.17) is 4.74 Å². The van der Waals surface area contributed by atoms with E-state index >= 15 is 0 Å². The molecule has 2 aromatic rings. The van der Waals surface area contributed by atoms with E-state index in [1.807, 2.05) is 29.2 Å². The Morgan fingerprint density at radius 2 is 1.86 bits per heavy atom. The Labute approximate surface area is 208 Å². The van der Waals surface area contributed by atoms with Gasteiger partial charge in [-0.15, -0.1) is 0 Å². The van der Waals surface area contributed by atoms with Gasteiger partial charge < -0.3 is 19.4 Å². The zero-order valence-electron chi connectivity index (χ0n) is 20.8. The number of benzene rings is 2. The number of hydrogen-bond acceptors (Lipinski definition) is 4. The lowest BCUT2D eigenvalue weighted by Crippen LogP contribution is -2.43. The second-order valence-electron chi connectivity index (χ2n) is 10.1. The molecule has 6 nitrogen and oxygen atoms in total. The summed E-state index contributed by atoms with van der Waals surface area (Å²) < 4.78 is 5.57. The molecule has 35 heavy (non-hydrogen) atoms. The second-order valence-corrected chi connectivity index (χ2v) is 10.1. The van der Waals surface area contributed by atoms with Gasteiger partial charge in [0.2, 0.25) is 11.8 Å². The van der Waals surface area contributed by atoms with Gasteiger partial charge in [-0.2, -0.15) is 0 Å². The number of amides is 2. The fraction of sp³-hybridized carbons (Fsp3) is 0.448. The van der Waals surface area contributed by atoms with Crippen LogP contribution < -0.4 is 9.64 Å². The van der Waals surface area contributed by atoms with E-state index < -0.39 is 0 Å². The zero-order chi connectivity index (χ0) is 24.4. The van der Waals surface area contributed by atoms with Crippen LogP contribution >= 0.6 is 0 Å². The standard InChI is InChI=1S/C29H35N3O3/c1-30-21-23(20-27(30)33)28(34)32(25-10-5-6-11-26(25)35-2)17-7-16-31-18-14-29(15-19-31)13-12-22-8-3-4-9-24(22)29/h3-6,8-13,23H,7,14-21H2,1-2H3. The molecule has 2 aliphatic heterocycles. The van der Waals surface area contributed by atoms with Crippen LogP contribution in [0.2, 0.25) is 0 Å². The third-order valence-electron chi connectivity index (χ3n) is 8.02. The first-order chi connectivity index (χ1) is 17.0. The number of carbonyl (C=O) groups is 2. The maximum absolute atomic E-state index is 13.5. The molecule has 184 valence electrons. The maximum atomic E-state index is 13.5. The predicted molar refractivity (Wildman–Crippen MR) is 139 cm³/mol. The van der Waals surface area contributed by atoms with E-state index in [1.54, 1.807) is 19.1 Å². The molecule has 2 amide bonds. The predicted octanol–water partition coefficient (Wildman–Crippen LogP) is 3.96. The van der Waals surface area contributed by atoms with Crippen LogP contribution in [-0.4, -0.2) is 68.5 Å². The highest BCUT2D eigenvalue weighted by molar-refractivity contribution is 6.00. The van der Waals surface area contributed by atoms with E-state index in [-0.39, 0.29) is 29.6 Å². The molecule has 1 atom stereocenters. The topological polar surface area (TPSA) is 53.1 Å². The van der Waals surface area contributed by atoms with Gasteiger partial charge in [-0.3, -0.25) is 9.59 Å². The molecule has 1 unspecified atom stereocenters. The second kappa shape index (κ2) is 9.86. The number of likely N-dealkylation sites (tertiary alicyclic amines) is 2. The number of allylic oxidation sites excluding steroid dienone is 1. The average molecular weight is 474 g/mol. The summed E-state index contributed by atoms with van der Waals surface area (Å²) in [6, 6.07) is 16.4. The molecule has 3 aliphatic rings. The van der Waals surface area contributed by atoms with Crippen molar-refractivity contribution in [1.29, 1.82) is 0 Å². The van der Waals surface area contributed by atoms with Crippen LogP contribution in [-0.2, 0) is 15.0 Å². The highest BCUT2D eigenvalue weighted by Crippen LogP contribution is 2.43. The molecule has 0 aromatic heterocycles. The van der Waals surface area contributed by atoms with E-state index in [2.05, 4.69) is 41.3 Å². The molecule has 1 aliphatic carbocycles. The molecule has 2 saturated heterocycles. The summed E-state index contributed by atoms with van der Waals surface area (Å²) in [5.74, 6) is 0.428. The number of fused-ring (bicyclic) bond motifs is 2. The fourth-order valence-electron chi connectivity index (χ4n) is 5.95. The Morgan fingerprint density at radius 1 is 1.11 bits per heavy atom. The molecule has 0 bridgehead atoms. The Hall–Kier alpha value is -3.12. The maximum Gasteiger partial charge on any atom is 0.232 e. The van der Waals surface area contributed by atoms with Gasteiger partial charge in [0, 0.05) is 32.0 Å². The number of nitrogens with zero attached hydrogens (tertiary/aromatic N) is 3. The quantitative estimate of drug-likeness (QED) is 0.611. The molecule has 0 saturated carbocycles. The molecule has 6 heteroatoms. The third-order valence-corrected chi connectivity index (χ3v) is 8.02. The smallest absolute Gasteiger partial charge is 0.232 e. The minimum atomic E-state index is -0.304. The lowest BCUT2D eigenvalue weighted by atomic mass is 9.74. The lowest BCUT2D eigenvalue weighted by Gasteiger charge is -2.39. The van der Waals surface area contributed by atoms with Gasteiger partial charge in [0.1, 0.15) is 5.75 Å². The van der Waals surface area contributed by atoms with Crippen molar-refractivity contribution in [1.82, 2.24) is 9.80 Å². The van der Waals surface area contributed by atoms with Crippen molar-refractivity contribution in [2.75, 3.05) is 51.8 Å². The molecule has 0 radical (unpaired) electrons. The summed E-state index contributed by atoms with van der Waals surface area (Å²) in [5, 5.41) is 0. The highest BCUT2D eigenvalue weighted by atomic mass is 16.5. The molecular formula is C29H35N3O3. The summed E-state index contributed by atoms with van der Waals surface area (Å²) in [4.78, 5) is 31.7. The van der Waals surface area contributed by atoms with Gasteiger partial charge in [0.15, 0.2) is 0 Å². The van der Waals surface area contributed by atoms with Gasteiger partial charge in [0.25, 0.3) is 0 Å². The summed E-state index contributed by atoms with van der Waals surface area (Å²) >= 11 is 0. The van der Waals surface area contributed by atoms with Gasteiger partial charge >= 0.3 is 0 Å². The van der Waals surface area contributed by atoms with Gasteiger partial charge in [0.05, 0.1) is 18.7 Å². The number of methoxy groups -OCH3 is 1. The van der Waals surface area contributed by atoms with Crippen LogP contribution in [0.4, 0.5) is 5.69 Å². The number of para-hydroxylation sites is 2. The van der Waals surface area contributed by atoms with Crippen LogP contribution in [0.25, 0.3) is 6.08 Å². The number of rotatable bonds is 7. The molecule has 2 aromatic carbocycles. The van der Waals surface area contributed by atoms with Crippen LogP contribution in [0, 0.1) is 5.92 Å². The number of hydrogen-bond donors (Lipinski definition) is 0. The first kappa shape index (κ1) is 23.6. The van der Waals surface area contributed by atoms with Crippen molar-refractivity contribution in [3.63, 3.8) is 0 Å². The van der Waals surface area contributed by atoms with Gasteiger partial charge in [-0.1, -0.05) is 48.6 Å². The van der Waals surface area contributed by atoms with E-state index in [9.17, 15) is 9.59 Å².